The molecule has 0 unspecified atom stereocenters. The number of rotatable bonds is 4. The normalized spacial score (nSPS) is 15.9. The van der Waals surface area contributed by atoms with Crippen LogP contribution in [0.4, 0.5) is 10.5 Å². The molecule has 1 saturated heterocycles. The van der Waals surface area contributed by atoms with Crippen molar-refractivity contribution in [3.63, 3.8) is 0 Å². The topological polar surface area (TPSA) is 91.1 Å². The second-order valence-corrected chi connectivity index (χ2v) is 4.88. The predicted octanol–water partition coefficient (Wildman–Crippen LogP) is 2.61. The Morgan fingerprint density at radius 3 is 2.96 bits per heavy atom. The molecule has 1 amide bonds. The van der Waals surface area contributed by atoms with Crippen LogP contribution in [-0.4, -0.2) is 42.2 Å². The van der Waals surface area contributed by atoms with Gasteiger partial charge in [-0.1, -0.05) is 0 Å². The van der Waals surface area contributed by atoms with Gasteiger partial charge in [0.1, 0.15) is 18.6 Å². The van der Waals surface area contributed by atoms with Crippen LogP contribution in [0.1, 0.15) is 12.5 Å². The summed E-state index contributed by atoms with van der Waals surface area (Å²) < 4.78 is 15.8. The minimum atomic E-state index is -0.445. The fourth-order valence-electron chi connectivity index (χ4n) is 2.08. The van der Waals surface area contributed by atoms with Gasteiger partial charge in [-0.15, -0.1) is 0 Å². The first-order valence-electron chi connectivity index (χ1n) is 7.16. The average molecular weight is 322 g/mol. The van der Waals surface area contributed by atoms with Gasteiger partial charge in [-0.3, -0.25) is 15.0 Å². The summed E-state index contributed by atoms with van der Waals surface area (Å²) in [6, 6.07) is 4.46. The number of benzene rings is 1. The molecule has 23 heavy (non-hydrogen) atoms. The van der Waals surface area contributed by atoms with E-state index < -0.39 is 11.0 Å². The van der Waals surface area contributed by atoms with Gasteiger partial charge in [0.2, 0.25) is 0 Å². The molecule has 0 bridgehead atoms. The maximum Gasteiger partial charge on any atom is 0.410 e. The number of nitro groups is 1. The van der Waals surface area contributed by atoms with Gasteiger partial charge in [-0.2, -0.15) is 0 Å². The highest BCUT2D eigenvalue weighted by Gasteiger charge is 2.21. The van der Waals surface area contributed by atoms with Crippen molar-refractivity contribution < 1.29 is 23.9 Å². The Bertz CT molecular complexity index is 628. The molecule has 8 nitrogen and oxygen atoms in total. The summed E-state index contributed by atoms with van der Waals surface area (Å²) in [4.78, 5) is 23.5. The first-order valence-corrected chi connectivity index (χ1v) is 7.16. The number of nitro benzene ring substituents is 1. The minimum Gasteiger partial charge on any atom is -0.491 e. The Balaban J connectivity index is 2.00. The van der Waals surface area contributed by atoms with Gasteiger partial charge in [0, 0.05) is 11.6 Å². The monoisotopic (exact) mass is 322 g/mol. The highest BCUT2D eigenvalue weighted by molar-refractivity contribution is 5.68. The third kappa shape index (κ3) is 4.35. The summed E-state index contributed by atoms with van der Waals surface area (Å²) in [5.74, 6) is 0.942. The summed E-state index contributed by atoms with van der Waals surface area (Å²) >= 11 is 0. The van der Waals surface area contributed by atoms with Crippen molar-refractivity contribution in [2.45, 2.75) is 13.8 Å². The van der Waals surface area contributed by atoms with Crippen LogP contribution in [0.3, 0.4) is 0 Å². The molecule has 1 aliphatic rings. The van der Waals surface area contributed by atoms with Crippen LogP contribution in [0.25, 0.3) is 0 Å². The van der Waals surface area contributed by atoms with E-state index in [0.717, 1.165) is 0 Å². The molecule has 0 aromatic heterocycles. The van der Waals surface area contributed by atoms with Crippen molar-refractivity contribution in [1.82, 2.24) is 4.90 Å². The molecular weight excluding hydrogens is 304 g/mol. The smallest absolute Gasteiger partial charge is 0.410 e. The zero-order chi connectivity index (χ0) is 16.8. The molecule has 8 heteroatoms. The predicted molar refractivity (Wildman–Crippen MR) is 81.1 cm³/mol. The lowest BCUT2D eigenvalue weighted by molar-refractivity contribution is -0.385. The first kappa shape index (κ1) is 16.6. The Kier molecular flexibility index (Phi) is 5.40. The van der Waals surface area contributed by atoms with Crippen LogP contribution in [-0.2, 0) is 9.47 Å². The number of amides is 1. The highest BCUT2D eigenvalue weighted by Crippen LogP contribution is 2.23. The largest absolute Gasteiger partial charge is 0.491 e. The van der Waals surface area contributed by atoms with E-state index in [2.05, 4.69) is 0 Å². The molecular formula is C15H18N2O6. The van der Waals surface area contributed by atoms with E-state index in [1.165, 1.54) is 23.3 Å². The standard InChI is InChI=1S/C15H18N2O6/c1-3-21-15(18)16-6-7-22-13(9-16)10-23-12-4-5-14(17(19)20)11(2)8-12/h4-5,8,10H,3,6-7,9H2,1-2H3. The molecule has 2 rings (SSSR count). The number of carbonyl (C=O) groups excluding carboxylic acids is 1. The number of morpholine rings is 1. The molecule has 1 aliphatic heterocycles. The molecule has 1 aromatic carbocycles. The summed E-state index contributed by atoms with van der Waals surface area (Å²) in [5, 5.41) is 10.8. The molecule has 1 aromatic rings. The number of ether oxygens (including phenoxy) is 3. The van der Waals surface area contributed by atoms with Crippen molar-refractivity contribution in [3.8, 4) is 5.75 Å². The maximum absolute atomic E-state index is 11.7. The zero-order valence-corrected chi connectivity index (χ0v) is 13.0. The quantitative estimate of drug-likeness (QED) is 0.481. The van der Waals surface area contributed by atoms with Gasteiger partial charge in [0.15, 0.2) is 5.76 Å². The zero-order valence-electron chi connectivity index (χ0n) is 13.0. The minimum absolute atomic E-state index is 0.0346. The van der Waals surface area contributed by atoms with Crippen molar-refractivity contribution in [1.29, 1.82) is 0 Å². The average Bonchev–Trinajstić information content (AvgIpc) is 2.53. The molecule has 0 radical (unpaired) electrons. The molecule has 0 spiro atoms. The van der Waals surface area contributed by atoms with Gasteiger partial charge < -0.3 is 14.2 Å². The van der Waals surface area contributed by atoms with Crippen molar-refractivity contribution in [3.05, 3.63) is 45.9 Å². The van der Waals surface area contributed by atoms with E-state index in [0.29, 0.717) is 36.8 Å². The van der Waals surface area contributed by atoms with Gasteiger partial charge >= 0.3 is 6.09 Å². The van der Waals surface area contributed by atoms with E-state index in [-0.39, 0.29) is 12.2 Å². The molecule has 1 heterocycles. The number of carbonyl (C=O) groups is 1. The van der Waals surface area contributed by atoms with Crippen molar-refractivity contribution in [2.75, 3.05) is 26.3 Å². The van der Waals surface area contributed by atoms with E-state index in [1.807, 2.05) is 0 Å². The van der Waals surface area contributed by atoms with E-state index >= 15 is 0 Å². The second-order valence-electron chi connectivity index (χ2n) is 4.88. The molecule has 1 fully saturated rings. The maximum atomic E-state index is 11.7. The number of nitrogens with zero attached hydrogens (tertiary/aromatic N) is 2. The fourth-order valence-corrected chi connectivity index (χ4v) is 2.08. The summed E-state index contributed by atoms with van der Waals surface area (Å²) in [7, 11) is 0. The second kappa shape index (κ2) is 7.48. The van der Waals surface area contributed by atoms with E-state index in [4.69, 9.17) is 14.2 Å². The lowest BCUT2D eigenvalue weighted by Gasteiger charge is -2.27. The lowest BCUT2D eigenvalue weighted by Crippen LogP contribution is -2.40. The molecule has 0 N–H and O–H groups in total. The van der Waals surface area contributed by atoms with Gasteiger partial charge in [0.05, 0.1) is 24.6 Å². The number of hydrogen-bond acceptors (Lipinski definition) is 6. The summed E-state index contributed by atoms with van der Waals surface area (Å²) in [6.45, 7) is 4.76. The Morgan fingerprint density at radius 2 is 2.30 bits per heavy atom. The Hall–Kier alpha value is -2.77. The van der Waals surface area contributed by atoms with E-state index in [9.17, 15) is 14.9 Å². The molecule has 0 aliphatic carbocycles. The third-order valence-electron chi connectivity index (χ3n) is 3.21. The third-order valence-corrected chi connectivity index (χ3v) is 3.21. The first-order chi connectivity index (χ1) is 11.0. The molecule has 0 saturated carbocycles. The number of aryl methyl sites for hydroxylation is 1. The SMILES string of the molecule is CCOC(=O)N1CCOC(=COc2ccc([N+](=O)[O-])c(C)c2)C1. The summed E-state index contributed by atoms with van der Waals surface area (Å²) in [5.41, 5.74) is 0.538. The number of hydrogen-bond donors (Lipinski definition) is 0. The molecule has 124 valence electrons. The van der Waals surface area contributed by atoms with Crippen LogP contribution in [0, 0.1) is 17.0 Å². The Labute approximate surface area is 133 Å². The lowest BCUT2D eigenvalue weighted by atomic mass is 10.2. The van der Waals surface area contributed by atoms with Gasteiger partial charge in [-0.05, 0) is 26.0 Å². The van der Waals surface area contributed by atoms with E-state index in [1.54, 1.807) is 19.9 Å². The van der Waals surface area contributed by atoms with Crippen LogP contribution in [0.15, 0.2) is 30.2 Å². The van der Waals surface area contributed by atoms with Crippen molar-refractivity contribution in [2.24, 2.45) is 0 Å². The fraction of sp³-hybridized carbons (Fsp3) is 0.400. The van der Waals surface area contributed by atoms with Crippen LogP contribution < -0.4 is 4.74 Å². The van der Waals surface area contributed by atoms with Crippen molar-refractivity contribution >= 4 is 11.8 Å². The van der Waals surface area contributed by atoms with Crippen LogP contribution in [0.5, 0.6) is 5.75 Å². The Morgan fingerprint density at radius 1 is 1.52 bits per heavy atom. The summed E-state index contributed by atoms with van der Waals surface area (Å²) in [6.07, 6.45) is 0.999. The van der Waals surface area contributed by atoms with Gasteiger partial charge in [0.25, 0.3) is 5.69 Å². The highest BCUT2D eigenvalue weighted by atomic mass is 16.6. The molecule has 0 atom stereocenters. The van der Waals surface area contributed by atoms with Crippen LogP contribution in [0.2, 0.25) is 0 Å². The van der Waals surface area contributed by atoms with Gasteiger partial charge in [-0.25, -0.2) is 4.79 Å². The van der Waals surface area contributed by atoms with Crippen LogP contribution >= 0.6 is 0 Å².